The monoisotopic (exact) mass is 249 g/mol. The van der Waals surface area contributed by atoms with Crippen molar-refractivity contribution in [2.45, 2.75) is 6.92 Å². The molecule has 82 valence electrons. The highest BCUT2D eigenvalue weighted by atomic mass is 35.7. The molecule has 1 aromatic rings. The van der Waals surface area contributed by atoms with E-state index in [0.717, 1.165) is 0 Å². The fourth-order valence-electron chi connectivity index (χ4n) is 0.851. The topological polar surface area (TPSA) is 69.4 Å². The van der Waals surface area contributed by atoms with Gasteiger partial charge in [0.25, 0.3) is 5.69 Å². The predicted molar refractivity (Wildman–Crippen MR) is 57.7 cm³/mol. The molecule has 0 aliphatic heterocycles. The molecule has 5 nitrogen and oxygen atoms in total. The summed E-state index contributed by atoms with van der Waals surface area (Å²) in [6, 6.07) is 5.26. The van der Waals surface area contributed by atoms with Crippen LogP contribution >= 0.6 is 18.0 Å². The van der Waals surface area contributed by atoms with Crippen LogP contribution < -0.4 is 4.52 Å². The van der Waals surface area contributed by atoms with Crippen LogP contribution in [0.2, 0.25) is 0 Å². The molecule has 1 atom stereocenters. The molecule has 0 fully saturated rings. The Morgan fingerprint density at radius 3 is 2.40 bits per heavy atom. The quantitative estimate of drug-likeness (QED) is 0.466. The second kappa shape index (κ2) is 4.64. The molecule has 0 amide bonds. The molecule has 1 aromatic carbocycles. The molecule has 0 bridgehead atoms. The Morgan fingerprint density at radius 2 is 2.00 bits per heavy atom. The van der Waals surface area contributed by atoms with Crippen LogP contribution in [0.3, 0.4) is 0 Å². The van der Waals surface area contributed by atoms with Gasteiger partial charge in [-0.3, -0.25) is 14.7 Å². The molecule has 7 heteroatoms. The molecule has 0 heterocycles. The van der Waals surface area contributed by atoms with E-state index < -0.39 is 11.6 Å². The molecule has 0 saturated carbocycles. The first-order valence-corrected chi connectivity index (χ1v) is 6.89. The maximum atomic E-state index is 11.4. The highest BCUT2D eigenvalue weighted by Gasteiger charge is 2.18. The largest absolute Gasteiger partial charge is 0.433 e. The maximum Gasteiger partial charge on any atom is 0.336 e. The van der Waals surface area contributed by atoms with Crippen LogP contribution in [0.5, 0.6) is 5.75 Å². The van der Waals surface area contributed by atoms with Crippen molar-refractivity contribution in [2.24, 2.45) is 0 Å². The van der Waals surface area contributed by atoms with Gasteiger partial charge in [0.1, 0.15) is 5.75 Å². The number of nitro benzene ring substituents is 1. The smallest absolute Gasteiger partial charge is 0.336 e. The minimum Gasteiger partial charge on any atom is -0.433 e. The Hall–Kier alpha value is -1.06. The Balaban J connectivity index is 2.82. The molecular formula is C8H9ClNO4P. The van der Waals surface area contributed by atoms with E-state index in [0.29, 0.717) is 0 Å². The van der Waals surface area contributed by atoms with E-state index >= 15 is 0 Å². The maximum absolute atomic E-state index is 11.4. The summed E-state index contributed by atoms with van der Waals surface area (Å²) in [5.74, 6) is 0.265. The van der Waals surface area contributed by atoms with Crippen LogP contribution in [0.15, 0.2) is 24.3 Å². The highest BCUT2D eigenvalue weighted by molar-refractivity contribution is 7.85. The van der Waals surface area contributed by atoms with Gasteiger partial charge < -0.3 is 4.52 Å². The zero-order valence-corrected chi connectivity index (χ0v) is 9.57. The van der Waals surface area contributed by atoms with Crippen molar-refractivity contribution in [2.75, 3.05) is 6.16 Å². The lowest BCUT2D eigenvalue weighted by Crippen LogP contribution is -1.91. The summed E-state index contributed by atoms with van der Waals surface area (Å²) < 4.78 is 16.4. The molecule has 1 unspecified atom stereocenters. The van der Waals surface area contributed by atoms with E-state index in [4.69, 9.17) is 15.8 Å². The van der Waals surface area contributed by atoms with Crippen molar-refractivity contribution in [1.82, 2.24) is 0 Å². The van der Waals surface area contributed by atoms with Gasteiger partial charge in [-0.1, -0.05) is 6.92 Å². The van der Waals surface area contributed by atoms with Crippen molar-refractivity contribution < 1.29 is 14.0 Å². The summed E-state index contributed by atoms with van der Waals surface area (Å²) in [6.07, 6.45) is 0.200. The van der Waals surface area contributed by atoms with Crippen LogP contribution in [0.4, 0.5) is 5.69 Å². The zero-order chi connectivity index (χ0) is 11.5. The van der Waals surface area contributed by atoms with E-state index in [1.165, 1.54) is 24.3 Å². The first-order chi connectivity index (χ1) is 6.94. The molecule has 0 saturated heterocycles. The summed E-state index contributed by atoms with van der Waals surface area (Å²) >= 11 is 5.56. The van der Waals surface area contributed by atoms with Crippen LogP contribution in [0, 0.1) is 10.1 Å². The minimum atomic E-state index is -3.13. The molecule has 0 aliphatic rings. The first-order valence-electron chi connectivity index (χ1n) is 4.17. The number of hydrogen-bond donors (Lipinski definition) is 0. The zero-order valence-electron chi connectivity index (χ0n) is 7.92. The van der Waals surface area contributed by atoms with Crippen molar-refractivity contribution in [3.8, 4) is 5.75 Å². The van der Waals surface area contributed by atoms with Gasteiger partial charge in [-0.2, -0.15) is 0 Å². The number of benzene rings is 1. The standard InChI is InChI=1S/C8H9ClNO4P/c1-2-15(9,13)14-8-5-3-7(4-6-8)10(11)12/h3-6H,2H2,1H3. The van der Waals surface area contributed by atoms with E-state index in [1.807, 2.05) is 0 Å². The summed E-state index contributed by atoms with van der Waals surface area (Å²) in [5.41, 5.74) is -0.0525. The van der Waals surface area contributed by atoms with Gasteiger partial charge in [-0.05, 0) is 23.4 Å². The van der Waals surface area contributed by atoms with Gasteiger partial charge in [0.05, 0.1) is 4.92 Å². The number of rotatable bonds is 4. The van der Waals surface area contributed by atoms with E-state index in [9.17, 15) is 14.7 Å². The summed E-state index contributed by atoms with van der Waals surface area (Å²) in [6.45, 7) is -1.49. The molecule has 1 rings (SSSR count). The summed E-state index contributed by atoms with van der Waals surface area (Å²) in [4.78, 5) is 9.81. The van der Waals surface area contributed by atoms with Crippen molar-refractivity contribution in [3.63, 3.8) is 0 Å². The van der Waals surface area contributed by atoms with E-state index in [2.05, 4.69) is 0 Å². The average molecular weight is 250 g/mol. The third-order valence-corrected chi connectivity index (χ3v) is 3.83. The average Bonchev–Trinajstić information content (AvgIpc) is 2.18. The number of nitrogens with zero attached hydrogens (tertiary/aromatic N) is 1. The molecule has 0 aromatic heterocycles. The van der Waals surface area contributed by atoms with Crippen molar-refractivity contribution in [3.05, 3.63) is 34.4 Å². The summed E-state index contributed by atoms with van der Waals surface area (Å²) in [7, 11) is 0. The number of nitro groups is 1. The Labute approximate surface area is 91.4 Å². The van der Waals surface area contributed by atoms with E-state index in [-0.39, 0.29) is 17.6 Å². The third kappa shape index (κ3) is 3.53. The van der Waals surface area contributed by atoms with Gasteiger partial charge in [0.15, 0.2) is 0 Å². The second-order valence-corrected chi connectivity index (χ2v) is 6.29. The van der Waals surface area contributed by atoms with Gasteiger partial charge in [-0.25, -0.2) is 0 Å². The number of non-ortho nitro benzene ring substituents is 1. The number of halogens is 1. The minimum absolute atomic E-state index is 0.0525. The van der Waals surface area contributed by atoms with Gasteiger partial charge >= 0.3 is 6.72 Å². The molecule has 15 heavy (non-hydrogen) atoms. The fourth-order valence-corrected chi connectivity index (χ4v) is 1.66. The van der Waals surface area contributed by atoms with Crippen LogP contribution in [-0.4, -0.2) is 11.1 Å². The van der Waals surface area contributed by atoms with Crippen LogP contribution in [0.1, 0.15) is 6.92 Å². The molecular weight excluding hydrogens is 241 g/mol. The third-order valence-electron chi connectivity index (χ3n) is 1.67. The predicted octanol–water partition coefficient (Wildman–Crippen LogP) is 3.43. The first kappa shape index (κ1) is 12.0. The lowest BCUT2D eigenvalue weighted by Gasteiger charge is -2.09. The van der Waals surface area contributed by atoms with Crippen LogP contribution in [0.25, 0.3) is 0 Å². The van der Waals surface area contributed by atoms with Crippen LogP contribution in [-0.2, 0) is 4.57 Å². The number of hydrogen-bond acceptors (Lipinski definition) is 4. The Kier molecular flexibility index (Phi) is 3.72. The van der Waals surface area contributed by atoms with Gasteiger partial charge in [0.2, 0.25) is 0 Å². The molecule has 0 radical (unpaired) electrons. The fraction of sp³-hybridized carbons (Fsp3) is 0.250. The Morgan fingerprint density at radius 1 is 1.47 bits per heavy atom. The highest BCUT2D eigenvalue weighted by Crippen LogP contribution is 2.51. The molecule has 0 N–H and O–H groups in total. The lowest BCUT2D eigenvalue weighted by molar-refractivity contribution is -0.384. The SMILES string of the molecule is CCP(=O)(Cl)Oc1ccc([N+](=O)[O-])cc1. The normalized spacial score (nSPS) is 14.3. The lowest BCUT2D eigenvalue weighted by atomic mass is 10.3. The molecule has 0 spiro atoms. The van der Waals surface area contributed by atoms with Crippen molar-refractivity contribution in [1.29, 1.82) is 0 Å². The molecule has 0 aliphatic carbocycles. The second-order valence-electron chi connectivity index (χ2n) is 2.75. The van der Waals surface area contributed by atoms with Gasteiger partial charge in [0, 0.05) is 18.3 Å². The van der Waals surface area contributed by atoms with Gasteiger partial charge in [-0.15, -0.1) is 0 Å². The summed E-state index contributed by atoms with van der Waals surface area (Å²) in [5, 5.41) is 10.3. The van der Waals surface area contributed by atoms with Crippen molar-refractivity contribution >= 4 is 23.6 Å². The van der Waals surface area contributed by atoms with E-state index in [1.54, 1.807) is 6.92 Å². The Bertz CT molecular complexity index is 406.